The molecule has 1 saturated carbocycles. The van der Waals surface area contributed by atoms with Crippen LogP contribution in [0.5, 0.6) is 5.75 Å². The summed E-state index contributed by atoms with van der Waals surface area (Å²) >= 11 is 6.45. The first-order valence-electron chi connectivity index (χ1n) is 15.6. The van der Waals surface area contributed by atoms with Crippen LogP contribution in [0.3, 0.4) is 0 Å². The molecule has 13 heteroatoms. The molecule has 46 heavy (non-hydrogen) atoms. The number of carbonyl (C=O) groups is 1. The average Bonchev–Trinajstić information content (AvgIpc) is 3.07. The van der Waals surface area contributed by atoms with Crippen LogP contribution >= 0.6 is 11.6 Å². The number of sulfone groups is 1. The first-order chi connectivity index (χ1) is 22.1. The summed E-state index contributed by atoms with van der Waals surface area (Å²) in [5.74, 6) is 0.603. The molecule has 5 rings (SSSR count). The van der Waals surface area contributed by atoms with Crippen LogP contribution in [0.25, 0.3) is 0 Å². The van der Waals surface area contributed by atoms with Gasteiger partial charge in [0.15, 0.2) is 15.7 Å². The Morgan fingerprint density at radius 3 is 2.43 bits per heavy atom. The van der Waals surface area contributed by atoms with Gasteiger partial charge in [0.2, 0.25) is 11.9 Å². The molecule has 1 aliphatic carbocycles. The highest BCUT2D eigenvalue weighted by Gasteiger charge is 2.27. The molecular weight excluding hydrogens is 626 g/mol. The van der Waals surface area contributed by atoms with E-state index in [2.05, 4.69) is 42.3 Å². The Labute approximate surface area is 276 Å². The van der Waals surface area contributed by atoms with Gasteiger partial charge in [0, 0.05) is 38.3 Å². The van der Waals surface area contributed by atoms with Crippen LogP contribution in [0.4, 0.5) is 34.5 Å². The fourth-order valence-corrected chi connectivity index (χ4v) is 7.33. The predicted octanol–water partition coefficient (Wildman–Crippen LogP) is 6.39. The van der Waals surface area contributed by atoms with Crippen LogP contribution in [0.1, 0.15) is 46.0 Å². The number of ether oxygens (including phenoxy) is 1. The van der Waals surface area contributed by atoms with E-state index in [4.69, 9.17) is 16.3 Å². The van der Waals surface area contributed by atoms with E-state index in [-0.39, 0.29) is 27.6 Å². The Bertz CT molecular complexity index is 1670. The van der Waals surface area contributed by atoms with E-state index >= 15 is 0 Å². The molecule has 0 spiro atoms. The van der Waals surface area contributed by atoms with Crippen LogP contribution in [0.2, 0.25) is 5.02 Å². The zero-order valence-corrected chi connectivity index (χ0v) is 28.1. The quantitative estimate of drug-likeness (QED) is 0.198. The lowest BCUT2D eigenvalue weighted by molar-refractivity contribution is -0.111. The molecule has 0 unspecified atom stereocenters. The lowest BCUT2D eigenvalue weighted by Crippen LogP contribution is -2.51. The van der Waals surface area contributed by atoms with Gasteiger partial charge in [-0.15, -0.1) is 0 Å². The van der Waals surface area contributed by atoms with Gasteiger partial charge < -0.3 is 25.6 Å². The van der Waals surface area contributed by atoms with Gasteiger partial charge in [-0.25, -0.2) is 13.4 Å². The summed E-state index contributed by atoms with van der Waals surface area (Å²) in [6.07, 6.45) is 9.13. The summed E-state index contributed by atoms with van der Waals surface area (Å²) in [7, 11) is -2.00. The Hall–Kier alpha value is -3.87. The molecule has 11 nitrogen and oxygen atoms in total. The van der Waals surface area contributed by atoms with Crippen molar-refractivity contribution in [3.8, 4) is 5.75 Å². The van der Waals surface area contributed by atoms with Gasteiger partial charge in [-0.05, 0) is 51.0 Å². The molecule has 246 valence electrons. The number of hydrogen-bond donors (Lipinski definition) is 3. The fraction of sp³-hybridized carbons (Fsp3) is 0.424. The molecule has 3 N–H and O–H groups in total. The number of rotatable bonds is 11. The highest BCUT2D eigenvalue weighted by atomic mass is 35.5. The highest BCUT2D eigenvalue weighted by molar-refractivity contribution is 7.92. The number of nitrogens with zero attached hydrogens (tertiary/aromatic N) is 4. The normalized spacial score (nSPS) is 16.2. The van der Waals surface area contributed by atoms with Crippen molar-refractivity contribution >= 4 is 61.9 Å². The van der Waals surface area contributed by atoms with Crippen molar-refractivity contribution in [2.45, 2.75) is 62.1 Å². The van der Waals surface area contributed by atoms with Crippen LogP contribution in [0.15, 0.2) is 60.1 Å². The summed E-state index contributed by atoms with van der Waals surface area (Å²) in [6, 6.07) is 11.0. The largest absolute Gasteiger partial charge is 0.494 e. The highest BCUT2D eigenvalue weighted by Crippen LogP contribution is 2.39. The number of amides is 1. The number of halogens is 1. The second-order valence-electron chi connectivity index (χ2n) is 11.8. The Morgan fingerprint density at radius 2 is 1.76 bits per heavy atom. The van der Waals surface area contributed by atoms with Gasteiger partial charge >= 0.3 is 0 Å². The van der Waals surface area contributed by atoms with Gasteiger partial charge in [0.25, 0.3) is 0 Å². The van der Waals surface area contributed by atoms with Crippen LogP contribution in [0, 0.1) is 0 Å². The van der Waals surface area contributed by atoms with E-state index in [0.717, 1.165) is 31.9 Å². The van der Waals surface area contributed by atoms with Crippen LogP contribution in [-0.4, -0.2) is 73.8 Å². The molecule has 2 heterocycles. The predicted molar refractivity (Wildman–Crippen MR) is 185 cm³/mol. The molecule has 1 aliphatic heterocycles. The SMILES string of the molecule is C=CC(=O)Nc1cc(Nc2ncc(Cl)c(Nc3ccccc3S(=O)(=O)C(C)C)n2)c(OC)cc1N1CCN(C2CCCCC2)CC1. The van der Waals surface area contributed by atoms with E-state index in [1.54, 1.807) is 51.3 Å². The van der Waals surface area contributed by atoms with E-state index < -0.39 is 15.1 Å². The standard InChI is InChI=1S/C33H42ClN7O4S/c1-5-31(42)36-26-19-27(29(45-4)20-28(26)41-17-15-40(16-18-41)23-11-7-6-8-12-23)38-33-35-21-24(34)32(39-33)37-25-13-9-10-14-30(25)46(43,44)22(2)3/h5,9-10,13-14,19-23H,1,6-8,11-12,15-18H2,2-4H3,(H,36,42)(H2,35,37,38,39). The number of piperazine rings is 1. The maximum Gasteiger partial charge on any atom is 0.247 e. The van der Waals surface area contributed by atoms with E-state index in [0.29, 0.717) is 28.9 Å². The maximum absolute atomic E-state index is 13.0. The molecule has 1 saturated heterocycles. The van der Waals surface area contributed by atoms with Gasteiger partial charge in [-0.2, -0.15) is 4.98 Å². The summed E-state index contributed by atoms with van der Waals surface area (Å²) in [6.45, 7) is 10.4. The number of benzene rings is 2. The number of para-hydroxylation sites is 1. The zero-order chi connectivity index (χ0) is 32.8. The number of anilines is 6. The minimum Gasteiger partial charge on any atom is -0.494 e. The monoisotopic (exact) mass is 667 g/mol. The topological polar surface area (TPSA) is 129 Å². The summed E-state index contributed by atoms with van der Waals surface area (Å²) in [5.41, 5.74) is 2.31. The molecule has 1 aromatic heterocycles. The third-order valence-corrected chi connectivity index (χ3v) is 11.1. The minimum absolute atomic E-state index is 0.147. The molecule has 0 bridgehead atoms. The van der Waals surface area contributed by atoms with E-state index in [9.17, 15) is 13.2 Å². The third kappa shape index (κ3) is 7.56. The number of nitrogens with one attached hydrogen (secondary N) is 3. The summed E-state index contributed by atoms with van der Waals surface area (Å²) in [5, 5.41) is 8.80. The molecule has 2 aromatic carbocycles. The van der Waals surface area contributed by atoms with Gasteiger partial charge in [-0.3, -0.25) is 9.69 Å². The zero-order valence-electron chi connectivity index (χ0n) is 26.6. The molecule has 1 amide bonds. The first-order valence-corrected chi connectivity index (χ1v) is 17.6. The van der Waals surface area contributed by atoms with Gasteiger partial charge in [0.05, 0.1) is 46.2 Å². The van der Waals surface area contributed by atoms with E-state index in [1.165, 1.54) is 44.4 Å². The molecule has 0 atom stereocenters. The van der Waals surface area contributed by atoms with Crippen molar-refractivity contribution < 1.29 is 17.9 Å². The molecule has 2 fully saturated rings. The van der Waals surface area contributed by atoms with E-state index in [1.807, 2.05) is 6.07 Å². The first kappa shape index (κ1) is 33.5. The molecular formula is C33H42ClN7O4S. The van der Waals surface area contributed by atoms with Crippen LogP contribution < -0.4 is 25.6 Å². The second-order valence-corrected chi connectivity index (χ2v) is 14.7. The lowest BCUT2D eigenvalue weighted by atomic mass is 9.94. The van der Waals surface area contributed by atoms with Crippen molar-refractivity contribution in [2.75, 3.05) is 54.1 Å². The molecule has 3 aromatic rings. The summed E-state index contributed by atoms with van der Waals surface area (Å²) in [4.78, 5) is 26.4. The van der Waals surface area contributed by atoms with Crippen molar-refractivity contribution in [1.82, 2.24) is 14.9 Å². The Kier molecular flexibility index (Phi) is 10.7. The number of methoxy groups -OCH3 is 1. The number of aromatic nitrogens is 2. The molecule has 2 aliphatic rings. The smallest absolute Gasteiger partial charge is 0.247 e. The number of carbonyl (C=O) groups excluding carboxylic acids is 1. The average molecular weight is 668 g/mol. The van der Waals surface area contributed by atoms with Gasteiger partial charge in [0.1, 0.15) is 10.8 Å². The van der Waals surface area contributed by atoms with Gasteiger partial charge in [-0.1, -0.05) is 49.6 Å². The van der Waals surface area contributed by atoms with Crippen molar-refractivity contribution in [3.05, 3.63) is 60.3 Å². The molecule has 0 radical (unpaired) electrons. The van der Waals surface area contributed by atoms with Crippen LogP contribution in [-0.2, 0) is 14.6 Å². The minimum atomic E-state index is -3.58. The Morgan fingerprint density at radius 1 is 1.04 bits per heavy atom. The maximum atomic E-state index is 13.0. The summed E-state index contributed by atoms with van der Waals surface area (Å²) < 4.78 is 31.8. The second kappa shape index (κ2) is 14.7. The van der Waals surface area contributed by atoms with Crippen molar-refractivity contribution in [2.24, 2.45) is 0 Å². The van der Waals surface area contributed by atoms with Crippen molar-refractivity contribution in [3.63, 3.8) is 0 Å². The Balaban J connectivity index is 1.41. The third-order valence-electron chi connectivity index (χ3n) is 8.56. The van der Waals surface area contributed by atoms with Crippen molar-refractivity contribution in [1.29, 1.82) is 0 Å². The number of hydrogen-bond acceptors (Lipinski definition) is 10. The lowest BCUT2D eigenvalue weighted by Gasteiger charge is -2.42. The fourth-order valence-electron chi connectivity index (χ4n) is 5.99.